The van der Waals surface area contributed by atoms with Gasteiger partial charge in [0, 0.05) is 18.8 Å². The minimum absolute atomic E-state index is 0.165. The van der Waals surface area contributed by atoms with Gasteiger partial charge in [-0.25, -0.2) is 4.39 Å². The van der Waals surface area contributed by atoms with Crippen molar-refractivity contribution in [3.63, 3.8) is 0 Å². The third kappa shape index (κ3) is 6.58. The number of nitrogens with zero attached hydrogens (tertiary/aromatic N) is 1. The molecule has 0 aliphatic heterocycles. The number of anilines is 1. The van der Waals surface area contributed by atoms with Crippen LogP contribution in [0.2, 0.25) is 0 Å². The highest BCUT2D eigenvalue weighted by Gasteiger charge is 2.03. The lowest BCUT2D eigenvalue weighted by Crippen LogP contribution is -2.24. The van der Waals surface area contributed by atoms with Crippen LogP contribution in [-0.2, 0) is 0 Å². The Morgan fingerprint density at radius 2 is 1.74 bits per heavy atom. The lowest BCUT2D eigenvalue weighted by molar-refractivity contribution is 0.593. The number of rotatable bonds is 10. The number of hydrogen-bond donors (Lipinski definition) is 1. The average Bonchev–Trinajstić information content (AvgIpc) is 2.43. The van der Waals surface area contributed by atoms with Crippen LogP contribution < -0.4 is 10.2 Å². The predicted octanol–water partition coefficient (Wildman–Crippen LogP) is 3.82. The van der Waals surface area contributed by atoms with Gasteiger partial charge in [-0.3, -0.25) is 0 Å². The van der Waals surface area contributed by atoms with E-state index >= 15 is 0 Å². The van der Waals surface area contributed by atoms with Crippen molar-refractivity contribution in [2.45, 2.75) is 39.5 Å². The fourth-order valence-corrected chi connectivity index (χ4v) is 2.15. The van der Waals surface area contributed by atoms with Crippen molar-refractivity contribution in [2.24, 2.45) is 0 Å². The molecular formula is C16H27FN2. The summed E-state index contributed by atoms with van der Waals surface area (Å²) >= 11 is 0. The van der Waals surface area contributed by atoms with Crippen LogP contribution >= 0.6 is 0 Å². The maximum atomic E-state index is 12.9. The highest BCUT2D eigenvalue weighted by Crippen LogP contribution is 2.15. The van der Waals surface area contributed by atoms with E-state index in [0.717, 1.165) is 31.9 Å². The first kappa shape index (κ1) is 16.0. The second kappa shape index (κ2) is 9.79. The zero-order valence-corrected chi connectivity index (χ0v) is 12.3. The van der Waals surface area contributed by atoms with Gasteiger partial charge in [-0.2, -0.15) is 0 Å². The van der Waals surface area contributed by atoms with Crippen molar-refractivity contribution in [3.8, 4) is 0 Å². The van der Waals surface area contributed by atoms with Gasteiger partial charge in [0.2, 0.25) is 0 Å². The van der Waals surface area contributed by atoms with Crippen LogP contribution in [0.15, 0.2) is 24.3 Å². The summed E-state index contributed by atoms with van der Waals surface area (Å²) in [5.41, 5.74) is 1.12. The minimum atomic E-state index is -0.165. The van der Waals surface area contributed by atoms with Crippen molar-refractivity contribution in [1.82, 2.24) is 5.32 Å². The predicted molar refractivity (Wildman–Crippen MR) is 81.3 cm³/mol. The maximum Gasteiger partial charge on any atom is 0.123 e. The molecule has 1 rings (SSSR count). The van der Waals surface area contributed by atoms with Crippen molar-refractivity contribution >= 4 is 5.69 Å². The first-order valence-electron chi connectivity index (χ1n) is 7.49. The van der Waals surface area contributed by atoms with E-state index in [1.807, 2.05) is 12.1 Å². The van der Waals surface area contributed by atoms with Gasteiger partial charge in [0.15, 0.2) is 0 Å². The van der Waals surface area contributed by atoms with Crippen LogP contribution in [0.5, 0.6) is 0 Å². The summed E-state index contributed by atoms with van der Waals surface area (Å²) in [6.45, 7) is 8.60. The summed E-state index contributed by atoms with van der Waals surface area (Å²) in [7, 11) is 0. The molecule has 0 spiro atoms. The molecule has 0 saturated heterocycles. The van der Waals surface area contributed by atoms with Crippen molar-refractivity contribution < 1.29 is 4.39 Å². The van der Waals surface area contributed by atoms with E-state index in [0.29, 0.717) is 0 Å². The molecule has 0 unspecified atom stereocenters. The van der Waals surface area contributed by atoms with Crippen LogP contribution in [0.1, 0.15) is 39.5 Å². The van der Waals surface area contributed by atoms with Gasteiger partial charge in [-0.15, -0.1) is 0 Å². The summed E-state index contributed by atoms with van der Waals surface area (Å²) in [5.74, 6) is -0.165. The zero-order chi connectivity index (χ0) is 13.9. The molecule has 0 aliphatic carbocycles. The van der Waals surface area contributed by atoms with E-state index in [9.17, 15) is 4.39 Å². The summed E-state index contributed by atoms with van der Waals surface area (Å²) in [6, 6.07) is 6.79. The van der Waals surface area contributed by atoms with Gasteiger partial charge >= 0.3 is 0 Å². The zero-order valence-electron chi connectivity index (χ0n) is 12.3. The van der Waals surface area contributed by atoms with E-state index in [-0.39, 0.29) is 5.82 Å². The third-order valence-corrected chi connectivity index (χ3v) is 3.28. The molecule has 19 heavy (non-hydrogen) atoms. The highest BCUT2D eigenvalue weighted by molar-refractivity contribution is 5.45. The Labute approximate surface area is 117 Å². The standard InChI is InChI=1S/C16H27FN2/c1-3-12-18-13-6-5-7-14-19(4-2)16-10-8-15(17)9-11-16/h8-11,18H,3-7,12-14H2,1-2H3. The number of halogens is 1. The SMILES string of the molecule is CCCNCCCCCN(CC)c1ccc(F)cc1. The van der Waals surface area contributed by atoms with Gasteiger partial charge in [0.25, 0.3) is 0 Å². The Hall–Kier alpha value is -1.09. The van der Waals surface area contributed by atoms with Gasteiger partial charge in [0.1, 0.15) is 5.82 Å². The van der Waals surface area contributed by atoms with Gasteiger partial charge < -0.3 is 10.2 Å². The number of benzene rings is 1. The molecule has 0 heterocycles. The molecule has 2 nitrogen and oxygen atoms in total. The monoisotopic (exact) mass is 266 g/mol. The first-order chi connectivity index (χ1) is 9.27. The van der Waals surface area contributed by atoms with Crippen LogP contribution in [0.3, 0.4) is 0 Å². The lowest BCUT2D eigenvalue weighted by Gasteiger charge is -2.23. The van der Waals surface area contributed by atoms with Gasteiger partial charge in [0.05, 0.1) is 0 Å². The van der Waals surface area contributed by atoms with Crippen LogP contribution in [0, 0.1) is 5.82 Å². The molecule has 0 atom stereocenters. The Morgan fingerprint density at radius 3 is 2.37 bits per heavy atom. The lowest BCUT2D eigenvalue weighted by atomic mass is 10.2. The molecule has 1 aromatic carbocycles. The fraction of sp³-hybridized carbons (Fsp3) is 0.625. The second-order valence-corrected chi connectivity index (χ2v) is 4.87. The van der Waals surface area contributed by atoms with Crippen LogP contribution in [-0.4, -0.2) is 26.2 Å². The number of hydrogen-bond acceptors (Lipinski definition) is 2. The Bertz CT molecular complexity index is 324. The molecule has 1 N–H and O–H groups in total. The van der Waals surface area contributed by atoms with E-state index in [2.05, 4.69) is 24.1 Å². The molecule has 0 radical (unpaired) electrons. The maximum absolute atomic E-state index is 12.9. The molecular weight excluding hydrogens is 239 g/mol. The van der Waals surface area contributed by atoms with Gasteiger partial charge in [-0.1, -0.05) is 13.3 Å². The summed E-state index contributed by atoms with van der Waals surface area (Å²) in [6.07, 6.45) is 4.88. The van der Waals surface area contributed by atoms with Crippen molar-refractivity contribution in [2.75, 3.05) is 31.1 Å². The van der Waals surface area contributed by atoms with E-state index in [1.165, 1.54) is 37.8 Å². The Morgan fingerprint density at radius 1 is 1.00 bits per heavy atom. The van der Waals surface area contributed by atoms with Crippen molar-refractivity contribution in [1.29, 1.82) is 0 Å². The normalized spacial score (nSPS) is 10.7. The molecule has 3 heteroatoms. The number of unbranched alkanes of at least 4 members (excludes halogenated alkanes) is 2. The summed E-state index contributed by atoms with van der Waals surface area (Å²) in [5, 5.41) is 3.42. The smallest absolute Gasteiger partial charge is 0.123 e. The molecule has 0 aliphatic rings. The highest BCUT2D eigenvalue weighted by atomic mass is 19.1. The summed E-state index contributed by atoms with van der Waals surface area (Å²) < 4.78 is 12.9. The number of nitrogens with one attached hydrogen (secondary N) is 1. The molecule has 108 valence electrons. The van der Waals surface area contributed by atoms with Gasteiger partial charge in [-0.05, 0) is 63.5 Å². The minimum Gasteiger partial charge on any atom is -0.372 e. The van der Waals surface area contributed by atoms with E-state index in [1.54, 1.807) is 0 Å². The van der Waals surface area contributed by atoms with E-state index < -0.39 is 0 Å². The van der Waals surface area contributed by atoms with Crippen LogP contribution in [0.25, 0.3) is 0 Å². The molecule has 0 fully saturated rings. The molecule has 0 bridgehead atoms. The van der Waals surface area contributed by atoms with E-state index in [4.69, 9.17) is 0 Å². The molecule has 1 aromatic rings. The largest absolute Gasteiger partial charge is 0.372 e. The summed E-state index contributed by atoms with van der Waals surface area (Å²) in [4.78, 5) is 2.30. The Kier molecular flexibility index (Phi) is 8.23. The quantitative estimate of drug-likeness (QED) is 0.648. The topological polar surface area (TPSA) is 15.3 Å². The molecule has 0 saturated carbocycles. The third-order valence-electron chi connectivity index (χ3n) is 3.28. The second-order valence-electron chi connectivity index (χ2n) is 4.87. The Balaban J connectivity index is 2.20. The fourth-order valence-electron chi connectivity index (χ4n) is 2.15. The van der Waals surface area contributed by atoms with Crippen LogP contribution in [0.4, 0.5) is 10.1 Å². The molecule has 0 aromatic heterocycles. The average molecular weight is 266 g/mol. The van der Waals surface area contributed by atoms with Crippen molar-refractivity contribution in [3.05, 3.63) is 30.1 Å². The molecule has 0 amide bonds. The first-order valence-corrected chi connectivity index (χ1v) is 7.49.